The Balaban J connectivity index is 1.97. The molecule has 0 radical (unpaired) electrons. The van der Waals surface area contributed by atoms with E-state index >= 15 is 0 Å². The van der Waals surface area contributed by atoms with Gasteiger partial charge in [0, 0.05) is 20.2 Å². The third-order valence-corrected chi connectivity index (χ3v) is 3.11. The summed E-state index contributed by atoms with van der Waals surface area (Å²) >= 11 is 0. The molecule has 3 N–H and O–H groups in total. The van der Waals surface area contributed by atoms with E-state index in [0.29, 0.717) is 32.9 Å². The van der Waals surface area contributed by atoms with Crippen LogP contribution in [-0.2, 0) is 9.47 Å². The van der Waals surface area contributed by atoms with E-state index in [1.54, 1.807) is 7.11 Å². The lowest BCUT2D eigenvalue weighted by Gasteiger charge is -2.23. The maximum Gasteiger partial charge on any atom is 0.0897 e. The number of aliphatic hydroxyl groups is 2. The molecule has 0 heterocycles. The average Bonchev–Trinajstić information content (AvgIpc) is 2.72. The van der Waals surface area contributed by atoms with Crippen molar-refractivity contribution in [2.45, 2.75) is 37.4 Å². The first-order valence-electron chi connectivity index (χ1n) is 6.34. The van der Waals surface area contributed by atoms with Gasteiger partial charge in [-0.3, -0.25) is 0 Å². The van der Waals surface area contributed by atoms with Gasteiger partial charge in [-0.25, -0.2) is 0 Å². The van der Waals surface area contributed by atoms with E-state index in [1.807, 2.05) is 0 Å². The molecule has 0 aromatic carbocycles. The fourth-order valence-corrected chi connectivity index (χ4v) is 2.10. The molecule has 102 valence electrons. The highest BCUT2D eigenvalue weighted by molar-refractivity contribution is 4.86. The van der Waals surface area contributed by atoms with Gasteiger partial charge in [0.1, 0.15) is 0 Å². The molecule has 1 aliphatic carbocycles. The van der Waals surface area contributed by atoms with Gasteiger partial charge in [0.05, 0.1) is 31.5 Å². The van der Waals surface area contributed by atoms with Crippen LogP contribution in [0.2, 0.25) is 0 Å². The number of hydrogen-bond donors (Lipinski definition) is 3. The fourth-order valence-electron chi connectivity index (χ4n) is 2.10. The number of aliphatic hydroxyl groups excluding tert-OH is 1. The highest BCUT2D eigenvalue weighted by Gasteiger charge is 2.30. The molecule has 5 nitrogen and oxygen atoms in total. The Kier molecular flexibility index (Phi) is 6.99. The van der Waals surface area contributed by atoms with Crippen LogP contribution in [0.1, 0.15) is 25.7 Å². The van der Waals surface area contributed by atoms with Crippen molar-refractivity contribution in [3.8, 4) is 0 Å². The number of hydrogen-bond acceptors (Lipinski definition) is 5. The normalized spacial score (nSPS) is 20.6. The van der Waals surface area contributed by atoms with Gasteiger partial charge in [-0.1, -0.05) is 12.8 Å². The molecule has 0 aromatic heterocycles. The third-order valence-electron chi connectivity index (χ3n) is 3.11. The maximum absolute atomic E-state index is 10.1. The van der Waals surface area contributed by atoms with Gasteiger partial charge in [0.25, 0.3) is 0 Å². The second-order valence-corrected chi connectivity index (χ2v) is 4.78. The first kappa shape index (κ1) is 14.9. The first-order chi connectivity index (χ1) is 8.16. The minimum atomic E-state index is -0.559. The van der Waals surface area contributed by atoms with E-state index in [4.69, 9.17) is 9.47 Å². The van der Waals surface area contributed by atoms with Gasteiger partial charge in [-0.15, -0.1) is 0 Å². The minimum Gasteiger partial charge on any atom is -0.389 e. The van der Waals surface area contributed by atoms with Crippen LogP contribution < -0.4 is 5.32 Å². The molecule has 0 aromatic rings. The zero-order chi connectivity index (χ0) is 12.6. The average molecular weight is 247 g/mol. The molecule has 1 rings (SSSR count). The van der Waals surface area contributed by atoms with Crippen molar-refractivity contribution in [1.29, 1.82) is 0 Å². The predicted molar refractivity (Wildman–Crippen MR) is 65.0 cm³/mol. The third kappa shape index (κ3) is 6.33. The Labute approximate surface area is 103 Å². The monoisotopic (exact) mass is 247 g/mol. The Morgan fingerprint density at radius 1 is 1.29 bits per heavy atom. The topological polar surface area (TPSA) is 71.0 Å². The molecule has 5 heteroatoms. The van der Waals surface area contributed by atoms with Crippen LogP contribution >= 0.6 is 0 Å². The fraction of sp³-hybridized carbons (Fsp3) is 1.00. The van der Waals surface area contributed by atoms with Crippen molar-refractivity contribution in [3.63, 3.8) is 0 Å². The molecule has 1 saturated carbocycles. The SMILES string of the molecule is COCCOCC(O)CNCC1(O)CCCC1. The van der Waals surface area contributed by atoms with Gasteiger partial charge >= 0.3 is 0 Å². The summed E-state index contributed by atoms with van der Waals surface area (Å²) in [5, 5.41) is 22.8. The Morgan fingerprint density at radius 3 is 2.65 bits per heavy atom. The second kappa shape index (κ2) is 8.00. The molecule has 1 atom stereocenters. The van der Waals surface area contributed by atoms with Crippen molar-refractivity contribution in [1.82, 2.24) is 5.32 Å². The number of nitrogens with one attached hydrogen (secondary N) is 1. The first-order valence-corrected chi connectivity index (χ1v) is 6.34. The molecule has 0 amide bonds. The molecule has 0 aliphatic heterocycles. The van der Waals surface area contributed by atoms with Crippen LogP contribution in [0.4, 0.5) is 0 Å². The van der Waals surface area contributed by atoms with Crippen LogP contribution in [-0.4, -0.2) is 61.9 Å². The van der Waals surface area contributed by atoms with Crippen molar-refractivity contribution >= 4 is 0 Å². The van der Waals surface area contributed by atoms with Gasteiger partial charge < -0.3 is 25.0 Å². The number of rotatable bonds is 9. The Bertz CT molecular complexity index is 195. The van der Waals surface area contributed by atoms with Crippen LogP contribution in [0.15, 0.2) is 0 Å². The number of methoxy groups -OCH3 is 1. The highest BCUT2D eigenvalue weighted by Crippen LogP contribution is 2.28. The summed E-state index contributed by atoms with van der Waals surface area (Å²) in [6.07, 6.45) is 3.39. The predicted octanol–water partition coefficient (Wildman–Crippen LogP) is -0.0950. The lowest BCUT2D eigenvalue weighted by atomic mass is 10.0. The van der Waals surface area contributed by atoms with E-state index in [0.717, 1.165) is 25.7 Å². The number of ether oxygens (including phenoxy) is 2. The smallest absolute Gasteiger partial charge is 0.0897 e. The lowest BCUT2D eigenvalue weighted by molar-refractivity contribution is 0.00783. The van der Waals surface area contributed by atoms with Crippen molar-refractivity contribution in [3.05, 3.63) is 0 Å². The van der Waals surface area contributed by atoms with E-state index in [9.17, 15) is 10.2 Å². The quantitative estimate of drug-likeness (QED) is 0.497. The van der Waals surface area contributed by atoms with Crippen LogP contribution in [0.25, 0.3) is 0 Å². The molecular formula is C12H25NO4. The van der Waals surface area contributed by atoms with Crippen molar-refractivity contribution in [2.75, 3.05) is 40.0 Å². The van der Waals surface area contributed by atoms with Crippen LogP contribution in [0.5, 0.6) is 0 Å². The summed E-state index contributed by atoms with van der Waals surface area (Å²) in [7, 11) is 1.61. The molecule has 0 spiro atoms. The molecule has 17 heavy (non-hydrogen) atoms. The highest BCUT2D eigenvalue weighted by atomic mass is 16.5. The maximum atomic E-state index is 10.1. The summed E-state index contributed by atoms with van der Waals surface area (Å²) in [4.78, 5) is 0. The second-order valence-electron chi connectivity index (χ2n) is 4.78. The van der Waals surface area contributed by atoms with Gasteiger partial charge in [-0.05, 0) is 12.8 Å². The van der Waals surface area contributed by atoms with Crippen molar-refractivity contribution in [2.24, 2.45) is 0 Å². The zero-order valence-corrected chi connectivity index (χ0v) is 10.7. The van der Waals surface area contributed by atoms with E-state index < -0.39 is 11.7 Å². The van der Waals surface area contributed by atoms with Crippen molar-refractivity contribution < 1.29 is 19.7 Å². The zero-order valence-electron chi connectivity index (χ0n) is 10.7. The van der Waals surface area contributed by atoms with E-state index in [1.165, 1.54) is 0 Å². The van der Waals surface area contributed by atoms with Crippen LogP contribution in [0.3, 0.4) is 0 Å². The molecular weight excluding hydrogens is 222 g/mol. The Hall–Kier alpha value is -0.200. The summed E-state index contributed by atoms with van der Waals surface area (Å²) in [6.45, 7) is 2.35. The summed E-state index contributed by atoms with van der Waals surface area (Å²) in [6, 6.07) is 0. The summed E-state index contributed by atoms with van der Waals surface area (Å²) in [5.41, 5.74) is -0.559. The lowest BCUT2D eigenvalue weighted by Crippen LogP contribution is -2.41. The van der Waals surface area contributed by atoms with Crippen LogP contribution in [0, 0.1) is 0 Å². The molecule has 1 fully saturated rings. The largest absolute Gasteiger partial charge is 0.389 e. The molecule has 0 saturated heterocycles. The Morgan fingerprint density at radius 2 is 2.00 bits per heavy atom. The molecule has 0 bridgehead atoms. The molecule has 1 aliphatic rings. The van der Waals surface area contributed by atoms with E-state index in [2.05, 4.69) is 5.32 Å². The van der Waals surface area contributed by atoms with Gasteiger partial charge in [0.15, 0.2) is 0 Å². The molecule has 1 unspecified atom stereocenters. The van der Waals surface area contributed by atoms with Gasteiger partial charge in [-0.2, -0.15) is 0 Å². The standard InChI is InChI=1S/C12H25NO4/c1-16-6-7-17-9-11(14)8-13-10-12(15)4-2-3-5-12/h11,13-15H,2-10H2,1H3. The van der Waals surface area contributed by atoms with E-state index in [-0.39, 0.29) is 0 Å². The summed E-state index contributed by atoms with van der Waals surface area (Å²) in [5.74, 6) is 0. The van der Waals surface area contributed by atoms with Gasteiger partial charge in [0.2, 0.25) is 0 Å². The minimum absolute atomic E-state index is 0.300. The summed E-state index contributed by atoms with van der Waals surface area (Å²) < 4.78 is 10.0.